The Morgan fingerprint density at radius 1 is 1.06 bits per heavy atom. The number of hydrogen-bond donors (Lipinski definition) is 1. The van der Waals surface area contributed by atoms with Gasteiger partial charge in [-0.05, 0) is 55.2 Å². The molecule has 0 aliphatic carbocycles. The van der Waals surface area contributed by atoms with Crippen molar-refractivity contribution in [2.24, 2.45) is 0 Å². The first-order chi connectivity index (χ1) is 15.4. The van der Waals surface area contributed by atoms with E-state index in [1.807, 2.05) is 12.3 Å². The molecule has 2 aliphatic rings. The van der Waals surface area contributed by atoms with Crippen LogP contribution in [0.3, 0.4) is 0 Å². The van der Waals surface area contributed by atoms with Gasteiger partial charge in [0.2, 0.25) is 5.09 Å². The van der Waals surface area contributed by atoms with Crippen LogP contribution < -0.4 is 0 Å². The van der Waals surface area contributed by atoms with Gasteiger partial charge in [-0.25, -0.2) is 12.8 Å². The topological polar surface area (TPSA) is 86.6 Å². The number of nitrogens with zero attached hydrogens (tertiary/aromatic N) is 2. The van der Waals surface area contributed by atoms with Crippen LogP contribution in [-0.2, 0) is 10.0 Å². The van der Waals surface area contributed by atoms with E-state index in [0.717, 1.165) is 41.3 Å². The van der Waals surface area contributed by atoms with Gasteiger partial charge in [-0.2, -0.15) is 4.31 Å². The third-order valence-electron chi connectivity index (χ3n) is 6.19. The summed E-state index contributed by atoms with van der Waals surface area (Å²) in [4.78, 5) is 17.6. The summed E-state index contributed by atoms with van der Waals surface area (Å²) in [6.45, 7) is 1.82. The van der Waals surface area contributed by atoms with Gasteiger partial charge in [0, 0.05) is 48.8 Å². The van der Waals surface area contributed by atoms with Gasteiger partial charge in [0.25, 0.3) is 15.9 Å². The SMILES string of the molecule is O=C(c1ccc(S(=O)(=O)N2CCCCC2)o1)N1CC=C(c2c[nH]c3cc(F)ccc23)CC1. The van der Waals surface area contributed by atoms with Gasteiger partial charge in [0.1, 0.15) is 5.82 Å². The minimum absolute atomic E-state index is 0.0278. The number of carbonyl (C=O) groups is 1. The molecule has 2 aliphatic heterocycles. The van der Waals surface area contributed by atoms with Crippen LogP contribution in [0.4, 0.5) is 4.39 Å². The van der Waals surface area contributed by atoms with Crippen LogP contribution in [0.25, 0.3) is 16.5 Å². The number of benzene rings is 1. The molecule has 0 atom stereocenters. The number of H-pyrrole nitrogens is 1. The largest absolute Gasteiger partial charge is 0.438 e. The second-order valence-electron chi connectivity index (χ2n) is 8.21. The fourth-order valence-electron chi connectivity index (χ4n) is 4.42. The van der Waals surface area contributed by atoms with Crippen molar-refractivity contribution in [1.82, 2.24) is 14.2 Å². The molecule has 1 amide bonds. The normalized spacial score (nSPS) is 18.2. The second-order valence-corrected chi connectivity index (χ2v) is 10.1. The number of piperidine rings is 1. The molecule has 1 N–H and O–H groups in total. The van der Waals surface area contributed by atoms with Gasteiger partial charge in [-0.15, -0.1) is 0 Å². The van der Waals surface area contributed by atoms with E-state index in [4.69, 9.17) is 4.42 Å². The first-order valence-corrected chi connectivity index (χ1v) is 12.2. The fraction of sp³-hybridized carbons (Fsp3) is 0.348. The van der Waals surface area contributed by atoms with Crippen molar-refractivity contribution in [2.45, 2.75) is 30.8 Å². The molecule has 168 valence electrons. The monoisotopic (exact) mass is 457 g/mol. The average molecular weight is 458 g/mol. The highest BCUT2D eigenvalue weighted by molar-refractivity contribution is 7.89. The first-order valence-electron chi connectivity index (χ1n) is 10.8. The molecule has 1 saturated heterocycles. The van der Waals surface area contributed by atoms with E-state index in [-0.39, 0.29) is 22.6 Å². The van der Waals surface area contributed by atoms with E-state index in [2.05, 4.69) is 4.98 Å². The van der Waals surface area contributed by atoms with Crippen LogP contribution in [0, 0.1) is 5.82 Å². The van der Waals surface area contributed by atoms with Crippen molar-refractivity contribution in [3.05, 3.63) is 59.7 Å². The third-order valence-corrected chi connectivity index (χ3v) is 7.96. The molecule has 32 heavy (non-hydrogen) atoms. The smallest absolute Gasteiger partial charge is 0.289 e. The highest BCUT2D eigenvalue weighted by atomic mass is 32.2. The molecule has 1 aromatic carbocycles. The van der Waals surface area contributed by atoms with Crippen LogP contribution in [0.15, 0.2) is 52.1 Å². The summed E-state index contributed by atoms with van der Waals surface area (Å²) < 4.78 is 45.9. The standard InChI is InChI=1S/C23H24FN3O4S/c24-17-4-5-18-19(15-25-20(18)14-17)16-8-12-26(13-9-16)23(28)21-6-7-22(31-21)32(29,30)27-10-2-1-3-11-27/h4-8,14-15,25H,1-3,9-13H2. The molecule has 4 heterocycles. The summed E-state index contributed by atoms with van der Waals surface area (Å²) >= 11 is 0. The Morgan fingerprint density at radius 2 is 1.88 bits per heavy atom. The van der Waals surface area contributed by atoms with Crippen molar-refractivity contribution in [1.29, 1.82) is 0 Å². The Bertz CT molecular complexity index is 1300. The van der Waals surface area contributed by atoms with Gasteiger partial charge >= 0.3 is 0 Å². The predicted molar refractivity (Wildman–Crippen MR) is 118 cm³/mol. The van der Waals surface area contributed by atoms with Crippen LogP contribution >= 0.6 is 0 Å². The number of hydrogen-bond acceptors (Lipinski definition) is 4. The summed E-state index contributed by atoms with van der Waals surface area (Å²) in [6.07, 6.45) is 7.15. The number of fused-ring (bicyclic) bond motifs is 1. The molecule has 0 saturated carbocycles. The van der Waals surface area contributed by atoms with E-state index in [0.29, 0.717) is 32.6 Å². The molecule has 5 rings (SSSR count). The van der Waals surface area contributed by atoms with Crippen LogP contribution in [0.5, 0.6) is 0 Å². The lowest BCUT2D eigenvalue weighted by Crippen LogP contribution is -2.35. The van der Waals surface area contributed by atoms with Gasteiger partial charge in [0.05, 0.1) is 0 Å². The molecule has 3 aromatic rings. The zero-order chi connectivity index (χ0) is 22.3. The molecule has 0 spiro atoms. The number of aromatic amines is 1. The molecule has 0 bridgehead atoms. The van der Waals surface area contributed by atoms with Gasteiger partial charge < -0.3 is 14.3 Å². The Labute approximate surface area is 185 Å². The summed E-state index contributed by atoms with van der Waals surface area (Å²) in [5.74, 6) is -0.596. The first kappa shape index (κ1) is 21.0. The number of aromatic nitrogens is 1. The predicted octanol–water partition coefficient (Wildman–Crippen LogP) is 4.00. The fourth-order valence-corrected chi connectivity index (χ4v) is 5.85. The second kappa shape index (κ2) is 8.22. The maximum Gasteiger partial charge on any atom is 0.289 e. The Balaban J connectivity index is 1.31. The lowest BCUT2D eigenvalue weighted by molar-refractivity contribution is 0.0735. The maximum atomic E-state index is 13.4. The minimum atomic E-state index is -3.71. The molecule has 0 radical (unpaired) electrons. The lowest BCUT2D eigenvalue weighted by Gasteiger charge is -2.26. The van der Waals surface area contributed by atoms with Crippen molar-refractivity contribution in [3.63, 3.8) is 0 Å². The highest BCUT2D eigenvalue weighted by Crippen LogP contribution is 2.30. The zero-order valence-corrected chi connectivity index (χ0v) is 18.3. The van der Waals surface area contributed by atoms with Crippen molar-refractivity contribution >= 4 is 32.4 Å². The van der Waals surface area contributed by atoms with Crippen molar-refractivity contribution < 1.29 is 22.0 Å². The summed E-state index contributed by atoms with van der Waals surface area (Å²) in [6, 6.07) is 7.46. The van der Waals surface area contributed by atoms with Gasteiger partial charge in [-0.3, -0.25) is 4.79 Å². The number of nitrogens with one attached hydrogen (secondary N) is 1. The minimum Gasteiger partial charge on any atom is -0.438 e. The zero-order valence-electron chi connectivity index (χ0n) is 17.5. The molecule has 1 fully saturated rings. The third kappa shape index (κ3) is 3.75. The van der Waals surface area contributed by atoms with Crippen LogP contribution in [0.1, 0.15) is 41.8 Å². The molecule has 2 aromatic heterocycles. The van der Waals surface area contributed by atoms with E-state index >= 15 is 0 Å². The summed E-state index contributed by atoms with van der Waals surface area (Å²) in [7, 11) is -3.71. The molecular formula is C23H24FN3O4S. The number of halogens is 1. The van der Waals surface area contributed by atoms with Gasteiger partial charge in [0.15, 0.2) is 5.76 Å². The number of carbonyl (C=O) groups excluding carboxylic acids is 1. The van der Waals surface area contributed by atoms with Crippen LogP contribution in [0.2, 0.25) is 0 Å². The average Bonchev–Trinajstić information content (AvgIpc) is 3.47. The number of furan rings is 1. The molecule has 0 unspecified atom stereocenters. The maximum absolute atomic E-state index is 13.4. The quantitative estimate of drug-likeness (QED) is 0.642. The van der Waals surface area contributed by atoms with Gasteiger partial charge in [-0.1, -0.05) is 12.5 Å². The van der Waals surface area contributed by atoms with Crippen molar-refractivity contribution in [2.75, 3.05) is 26.2 Å². The molecule has 7 nitrogen and oxygen atoms in total. The Hall–Kier alpha value is -2.91. The van der Waals surface area contributed by atoms with Crippen LogP contribution in [-0.4, -0.2) is 54.7 Å². The number of rotatable bonds is 4. The summed E-state index contributed by atoms with van der Waals surface area (Å²) in [5, 5.41) is 0.762. The Morgan fingerprint density at radius 3 is 2.62 bits per heavy atom. The highest BCUT2D eigenvalue weighted by Gasteiger charge is 2.31. The van der Waals surface area contributed by atoms with E-state index in [9.17, 15) is 17.6 Å². The van der Waals surface area contributed by atoms with Crippen molar-refractivity contribution in [3.8, 4) is 0 Å². The lowest BCUT2D eigenvalue weighted by atomic mass is 9.99. The summed E-state index contributed by atoms with van der Waals surface area (Å²) in [5.41, 5.74) is 2.82. The molecule has 9 heteroatoms. The number of amides is 1. The molecular weight excluding hydrogens is 433 g/mol. The number of sulfonamides is 1. The van der Waals surface area contributed by atoms with E-state index in [1.165, 1.54) is 28.6 Å². The van der Waals surface area contributed by atoms with E-state index < -0.39 is 10.0 Å². The Kier molecular flexibility index (Phi) is 5.38. The van der Waals surface area contributed by atoms with E-state index in [1.54, 1.807) is 11.0 Å².